The number of carbonyl (C=O) groups is 2. The SMILES string of the molecule is CCCCCCCCCCCCCCCCCCCCC(O)C(CO)NC(=O)CCCCCCCCCCCCC/C=C\CCCCCCCCCCCCCCOC(=O)CCCCCCCCCCCCCCCCC. The number of aliphatic hydroxyl groups is 2. The molecule has 0 rings (SSSR count). The molecule has 0 saturated heterocycles. The average Bonchev–Trinajstić information content (AvgIpc) is 3.43. The molecule has 0 bridgehead atoms. The number of hydrogen-bond acceptors (Lipinski definition) is 5. The number of aliphatic hydroxyl groups excluding tert-OH is 2. The number of allylic oxidation sites excluding steroid dienone is 2. The van der Waals surface area contributed by atoms with Gasteiger partial charge in [0.15, 0.2) is 0 Å². The van der Waals surface area contributed by atoms with E-state index in [1.54, 1.807) is 0 Å². The van der Waals surface area contributed by atoms with Crippen molar-refractivity contribution in [2.24, 2.45) is 0 Å². The standard InChI is InChI=1S/C71H139NO5/c1-3-5-7-9-11-13-15-17-19-20-32-36-39-43-47-51-55-59-63-69(74)68(67-73)72-70(75)64-60-56-52-48-44-40-37-33-30-28-26-24-22-21-23-25-27-29-31-34-38-42-46-50-54-58-62-66-77-71(76)65-61-57-53-49-45-41-35-18-16-14-12-10-8-6-4-2/h21-22,68-69,73-74H,3-20,23-67H2,1-2H3,(H,72,75)/b22-21-. The average molecular weight is 1090 g/mol. The first-order valence-electron chi connectivity index (χ1n) is 35.4. The van der Waals surface area contributed by atoms with Gasteiger partial charge in [-0.15, -0.1) is 0 Å². The molecule has 0 radical (unpaired) electrons. The van der Waals surface area contributed by atoms with Crippen LogP contribution in [0.1, 0.15) is 406 Å². The van der Waals surface area contributed by atoms with Crippen LogP contribution in [0.5, 0.6) is 0 Å². The first kappa shape index (κ1) is 75.6. The lowest BCUT2D eigenvalue weighted by Crippen LogP contribution is -2.45. The fourth-order valence-corrected chi connectivity index (χ4v) is 11.4. The van der Waals surface area contributed by atoms with Crippen molar-refractivity contribution in [2.75, 3.05) is 13.2 Å². The number of esters is 1. The minimum absolute atomic E-state index is 0.0191. The van der Waals surface area contributed by atoms with Gasteiger partial charge in [-0.25, -0.2) is 0 Å². The lowest BCUT2D eigenvalue weighted by molar-refractivity contribution is -0.143. The summed E-state index contributed by atoms with van der Waals surface area (Å²) in [6.07, 6.45) is 82.6. The fourth-order valence-electron chi connectivity index (χ4n) is 11.4. The Morgan fingerprint density at radius 3 is 0.922 bits per heavy atom. The van der Waals surface area contributed by atoms with Gasteiger partial charge in [0.2, 0.25) is 5.91 Å². The van der Waals surface area contributed by atoms with E-state index in [2.05, 4.69) is 31.3 Å². The van der Waals surface area contributed by atoms with Crippen molar-refractivity contribution in [2.45, 2.75) is 418 Å². The first-order valence-corrected chi connectivity index (χ1v) is 35.4. The Morgan fingerprint density at radius 1 is 0.351 bits per heavy atom. The van der Waals surface area contributed by atoms with Gasteiger partial charge in [-0.3, -0.25) is 9.59 Å². The Kier molecular flexibility index (Phi) is 65.9. The van der Waals surface area contributed by atoms with E-state index in [0.29, 0.717) is 25.9 Å². The van der Waals surface area contributed by atoms with Crippen molar-refractivity contribution in [3.05, 3.63) is 12.2 Å². The van der Waals surface area contributed by atoms with Gasteiger partial charge in [0, 0.05) is 12.8 Å². The summed E-state index contributed by atoms with van der Waals surface area (Å²) >= 11 is 0. The molecule has 0 saturated carbocycles. The van der Waals surface area contributed by atoms with Crippen molar-refractivity contribution >= 4 is 11.9 Å². The van der Waals surface area contributed by atoms with Gasteiger partial charge < -0.3 is 20.3 Å². The van der Waals surface area contributed by atoms with Gasteiger partial charge in [0.1, 0.15) is 0 Å². The Labute approximate surface area is 482 Å². The van der Waals surface area contributed by atoms with E-state index in [4.69, 9.17) is 4.74 Å². The van der Waals surface area contributed by atoms with Crippen LogP contribution in [0.15, 0.2) is 12.2 Å². The quantitative estimate of drug-likeness (QED) is 0.0320. The molecule has 1 amide bonds. The van der Waals surface area contributed by atoms with E-state index in [0.717, 1.165) is 38.5 Å². The minimum Gasteiger partial charge on any atom is -0.466 e. The number of ether oxygens (including phenoxy) is 1. The Balaban J connectivity index is 3.37. The maximum atomic E-state index is 12.5. The second kappa shape index (κ2) is 67.1. The topological polar surface area (TPSA) is 95.9 Å². The molecule has 0 spiro atoms. The summed E-state index contributed by atoms with van der Waals surface area (Å²) in [5.41, 5.74) is 0. The van der Waals surface area contributed by atoms with E-state index in [9.17, 15) is 19.8 Å². The minimum atomic E-state index is -0.665. The highest BCUT2D eigenvalue weighted by molar-refractivity contribution is 5.76. The van der Waals surface area contributed by atoms with Crippen LogP contribution in [-0.2, 0) is 14.3 Å². The van der Waals surface area contributed by atoms with Crippen LogP contribution in [0.4, 0.5) is 0 Å². The molecular formula is C71H139NO5. The van der Waals surface area contributed by atoms with Crippen LogP contribution >= 0.6 is 0 Å². The van der Waals surface area contributed by atoms with E-state index >= 15 is 0 Å². The third kappa shape index (κ3) is 63.6. The highest BCUT2D eigenvalue weighted by Crippen LogP contribution is 2.19. The van der Waals surface area contributed by atoms with Crippen molar-refractivity contribution in [1.29, 1.82) is 0 Å². The Morgan fingerprint density at radius 2 is 0.610 bits per heavy atom. The van der Waals surface area contributed by atoms with Crippen molar-refractivity contribution in [3.8, 4) is 0 Å². The third-order valence-electron chi connectivity index (χ3n) is 16.8. The van der Waals surface area contributed by atoms with Crippen LogP contribution in [0, 0.1) is 0 Å². The maximum absolute atomic E-state index is 12.5. The summed E-state index contributed by atoms with van der Waals surface area (Å²) in [5.74, 6) is -0.0125. The van der Waals surface area contributed by atoms with Gasteiger partial charge in [-0.1, -0.05) is 353 Å². The molecule has 2 unspecified atom stereocenters. The zero-order chi connectivity index (χ0) is 55.7. The number of amides is 1. The molecule has 3 N–H and O–H groups in total. The predicted molar refractivity (Wildman–Crippen MR) is 338 cm³/mol. The second-order valence-corrected chi connectivity index (χ2v) is 24.6. The highest BCUT2D eigenvalue weighted by atomic mass is 16.5. The van der Waals surface area contributed by atoms with Crippen LogP contribution in [-0.4, -0.2) is 47.4 Å². The predicted octanol–water partition coefficient (Wildman–Crippen LogP) is 22.8. The molecule has 2 atom stereocenters. The van der Waals surface area contributed by atoms with Crippen LogP contribution < -0.4 is 5.32 Å². The smallest absolute Gasteiger partial charge is 0.305 e. The molecule has 0 aromatic carbocycles. The zero-order valence-corrected chi connectivity index (χ0v) is 52.5. The fraction of sp³-hybridized carbons (Fsp3) is 0.944. The van der Waals surface area contributed by atoms with E-state index in [1.165, 1.54) is 334 Å². The molecule has 0 aromatic rings. The number of carbonyl (C=O) groups excluding carboxylic acids is 2. The second-order valence-electron chi connectivity index (χ2n) is 24.6. The van der Waals surface area contributed by atoms with Crippen LogP contribution in [0.2, 0.25) is 0 Å². The Hall–Kier alpha value is -1.40. The van der Waals surface area contributed by atoms with E-state index in [1.807, 2.05) is 0 Å². The molecule has 6 nitrogen and oxygen atoms in total. The van der Waals surface area contributed by atoms with Crippen LogP contribution in [0.3, 0.4) is 0 Å². The molecule has 0 aliphatic carbocycles. The van der Waals surface area contributed by atoms with Gasteiger partial charge in [-0.2, -0.15) is 0 Å². The summed E-state index contributed by atoms with van der Waals surface area (Å²) in [6.45, 7) is 5.00. The van der Waals surface area contributed by atoms with Crippen molar-refractivity contribution in [3.63, 3.8) is 0 Å². The largest absolute Gasteiger partial charge is 0.466 e. The summed E-state index contributed by atoms with van der Waals surface area (Å²) < 4.78 is 5.50. The number of hydrogen-bond donors (Lipinski definition) is 3. The highest BCUT2D eigenvalue weighted by Gasteiger charge is 2.20. The van der Waals surface area contributed by atoms with Gasteiger partial charge in [0.25, 0.3) is 0 Å². The van der Waals surface area contributed by atoms with E-state index in [-0.39, 0.29) is 18.5 Å². The lowest BCUT2D eigenvalue weighted by atomic mass is 10.0. The van der Waals surface area contributed by atoms with Crippen molar-refractivity contribution < 1.29 is 24.5 Å². The number of unbranched alkanes of at least 4 members (excludes halogenated alkanes) is 54. The maximum Gasteiger partial charge on any atom is 0.305 e. The van der Waals surface area contributed by atoms with Gasteiger partial charge in [-0.05, 0) is 51.4 Å². The first-order chi connectivity index (χ1) is 38.0. The number of nitrogens with one attached hydrogen (secondary N) is 1. The summed E-state index contributed by atoms with van der Waals surface area (Å²) in [5, 5.41) is 23.4. The summed E-state index contributed by atoms with van der Waals surface area (Å²) in [7, 11) is 0. The monoisotopic (exact) mass is 1090 g/mol. The Bertz CT molecular complexity index is 1160. The molecule has 0 fully saturated rings. The van der Waals surface area contributed by atoms with Gasteiger partial charge >= 0.3 is 5.97 Å². The molecule has 77 heavy (non-hydrogen) atoms. The van der Waals surface area contributed by atoms with Crippen molar-refractivity contribution in [1.82, 2.24) is 5.32 Å². The molecule has 0 aromatic heterocycles. The third-order valence-corrected chi connectivity index (χ3v) is 16.8. The molecule has 0 heterocycles. The molecule has 0 aliphatic rings. The normalized spacial score (nSPS) is 12.5. The number of rotatable bonds is 67. The zero-order valence-electron chi connectivity index (χ0n) is 52.5. The van der Waals surface area contributed by atoms with Gasteiger partial charge in [0.05, 0.1) is 25.4 Å². The molecule has 0 aliphatic heterocycles. The lowest BCUT2D eigenvalue weighted by Gasteiger charge is -2.22. The van der Waals surface area contributed by atoms with E-state index < -0.39 is 12.1 Å². The summed E-state index contributed by atoms with van der Waals surface area (Å²) in [6, 6.07) is -0.542. The molecule has 458 valence electrons. The van der Waals surface area contributed by atoms with Crippen LogP contribution in [0.25, 0.3) is 0 Å². The summed E-state index contributed by atoms with van der Waals surface area (Å²) in [4.78, 5) is 24.6. The molecular weight excluding hydrogens is 947 g/mol. The molecule has 6 heteroatoms.